The maximum Gasteiger partial charge on any atom is 0.134 e. The van der Waals surface area contributed by atoms with Crippen LogP contribution >= 0.6 is 11.3 Å². The van der Waals surface area contributed by atoms with E-state index in [0.29, 0.717) is 0 Å². The van der Waals surface area contributed by atoms with E-state index in [1.807, 2.05) is 42.6 Å². The summed E-state index contributed by atoms with van der Waals surface area (Å²) in [4.78, 5) is 4.43. The van der Waals surface area contributed by atoms with E-state index in [2.05, 4.69) is 4.98 Å². The number of rotatable bonds is 3. The molecule has 1 aromatic carbocycles. The fourth-order valence-electron chi connectivity index (χ4n) is 1.97. The molecule has 3 rings (SSSR count). The molecular weight excluding hydrogens is 244 g/mol. The highest BCUT2D eigenvalue weighted by molar-refractivity contribution is 7.09. The summed E-state index contributed by atoms with van der Waals surface area (Å²) in [6, 6.07) is 9.83. The number of nitrogens with zero attached hydrogens (tertiary/aromatic N) is 1. The van der Waals surface area contributed by atoms with E-state index >= 15 is 0 Å². The second-order valence-electron chi connectivity index (χ2n) is 4.38. The zero-order valence-electron chi connectivity index (χ0n) is 10.1. The molecule has 0 saturated carbocycles. The van der Waals surface area contributed by atoms with E-state index in [1.54, 1.807) is 11.3 Å². The van der Waals surface area contributed by atoms with Gasteiger partial charge < -0.3 is 10.2 Å². The zero-order chi connectivity index (χ0) is 12.5. The maximum absolute atomic E-state index is 6.17. The highest BCUT2D eigenvalue weighted by atomic mass is 32.1. The maximum atomic E-state index is 6.17. The zero-order valence-corrected chi connectivity index (χ0v) is 10.9. The molecule has 0 aliphatic heterocycles. The lowest BCUT2D eigenvalue weighted by Gasteiger charge is -2.05. The molecule has 0 aliphatic rings. The standard InChI is InChI=1S/C14H14N2OS/c1-9-8-18-14(16-9)7-11(15)13-6-10-4-2-3-5-12(10)17-13/h2-6,8,11H,7,15H2,1H3. The molecule has 0 spiro atoms. The Labute approximate surface area is 109 Å². The van der Waals surface area contributed by atoms with Crippen molar-refractivity contribution >= 4 is 22.3 Å². The fraction of sp³-hybridized carbons (Fsp3) is 0.214. The lowest BCUT2D eigenvalue weighted by Crippen LogP contribution is -2.12. The van der Waals surface area contributed by atoms with E-state index in [4.69, 9.17) is 10.2 Å². The first-order valence-corrected chi connectivity index (χ1v) is 6.75. The normalized spacial score (nSPS) is 13.0. The van der Waals surface area contributed by atoms with Gasteiger partial charge in [-0.2, -0.15) is 0 Å². The van der Waals surface area contributed by atoms with Crippen LogP contribution in [0.1, 0.15) is 22.5 Å². The number of benzene rings is 1. The van der Waals surface area contributed by atoms with Crippen LogP contribution in [0.5, 0.6) is 0 Å². The Balaban J connectivity index is 1.85. The van der Waals surface area contributed by atoms with Crippen molar-refractivity contribution in [3.05, 3.63) is 52.2 Å². The van der Waals surface area contributed by atoms with Crippen molar-refractivity contribution in [2.24, 2.45) is 5.73 Å². The summed E-state index contributed by atoms with van der Waals surface area (Å²) in [6.07, 6.45) is 0.721. The topological polar surface area (TPSA) is 52.0 Å². The summed E-state index contributed by atoms with van der Waals surface area (Å²) >= 11 is 1.65. The third kappa shape index (κ3) is 2.17. The monoisotopic (exact) mass is 258 g/mol. The van der Waals surface area contributed by atoms with Gasteiger partial charge in [0.05, 0.1) is 11.0 Å². The average Bonchev–Trinajstić information content (AvgIpc) is 2.95. The predicted octanol–water partition coefficient (Wildman–Crippen LogP) is 3.44. The van der Waals surface area contributed by atoms with Crippen molar-refractivity contribution in [1.82, 2.24) is 4.98 Å². The number of hydrogen-bond donors (Lipinski definition) is 1. The number of aromatic nitrogens is 1. The van der Waals surface area contributed by atoms with Crippen molar-refractivity contribution in [1.29, 1.82) is 0 Å². The minimum absolute atomic E-state index is 0.136. The van der Waals surface area contributed by atoms with Crippen LogP contribution in [0.15, 0.2) is 40.1 Å². The van der Waals surface area contributed by atoms with Crippen LogP contribution in [0.3, 0.4) is 0 Å². The molecule has 3 nitrogen and oxygen atoms in total. The van der Waals surface area contributed by atoms with Gasteiger partial charge in [0.15, 0.2) is 0 Å². The number of fused-ring (bicyclic) bond motifs is 1. The minimum atomic E-state index is -0.136. The Hall–Kier alpha value is -1.65. The van der Waals surface area contributed by atoms with Crippen molar-refractivity contribution in [2.75, 3.05) is 0 Å². The number of nitrogens with two attached hydrogens (primary N) is 1. The van der Waals surface area contributed by atoms with Gasteiger partial charge >= 0.3 is 0 Å². The van der Waals surface area contributed by atoms with E-state index in [1.165, 1.54) is 0 Å². The third-order valence-electron chi connectivity index (χ3n) is 2.87. The van der Waals surface area contributed by atoms with Gasteiger partial charge in [0.25, 0.3) is 0 Å². The number of para-hydroxylation sites is 1. The molecule has 18 heavy (non-hydrogen) atoms. The first-order valence-electron chi connectivity index (χ1n) is 5.87. The molecule has 2 aromatic heterocycles. The number of hydrogen-bond acceptors (Lipinski definition) is 4. The number of thiazole rings is 1. The summed E-state index contributed by atoms with van der Waals surface area (Å²) in [5.74, 6) is 0.823. The van der Waals surface area contributed by atoms with Gasteiger partial charge in [0.2, 0.25) is 0 Å². The molecule has 1 unspecified atom stereocenters. The quantitative estimate of drug-likeness (QED) is 0.783. The van der Waals surface area contributed by atoms with Crippen LogP contribution in [-0.4, -0.2) is 4.98 Å². The number of furan rings is 1. The largest absolute Gasteiger partial charge is 0.459 e. The summed E-state index contributed by atoms with van der Waals surface area (Å²) in [7, 11) is 0. The Morgan fingerprint density at radius 3 is 2.94 bits per heavy atom. The molecule has 3 aromatic rings. The lowest BCUT2D eigenvalue weighted by molar-refractivity contribution is 0.493. The van der Waals surface area contributed by atoms with Crippen LogP contribution in [0.25, 0.3) is 11.0 Å². The average molecular weight is 258 g/mol. The Kier molecular flexibility index (Phi) is 2.89. The van der Waals surface area contributed by atoms with Gasteiger partial charge in [-0.1, -0.05) is 18.2 Å². The summed E-state index contributed by atoms with van der Waals surface area (Å²) in [6.45, 7) is 1.99. The summed E-state index contributed by atoms with van der Waals surface area (Å²) < 4.78 is 5.76. The SMILES string of the molecule is Cc1csc(CC(N)c2cc3ccccc3o2)n1. The van der Waals surface area contributed by atoms with E-state index in [9.17, 15) is 0 Å². The van der Waals surface area contributed by atoms with Crippen molar-refractivity contribution in [2.45, 2.75) is 19.4 Å². The molecule has 0 aliphatic carbocycles. The number of aryl methyl sites for hydroxylation is 1. The first-order chi connectivity index (χ1) is 8.72. The third-order valence-corrected chi connectivity index (χ3v) is 3.86. The molecule has 4 heteroatoms. The van der Waals surface area contributed by atoms with E-state index in [-0.39, 0.29) is 6.04 Å². The van der Waals surface area contributed by atoms with E-state index in [0.717, 1.165) is 33.9 Å². The molecule has 0 fully saturated rings. The smallest absolute Gasteiger partial charge is 0.134 e. The molecule has 0 amide bonds. The van der Waals surface area contributed by atoms with Gasteiger partial charge in [-0.15, -0.1) is 11.3 Å². The minimum Gasteiger partial charge on any atom is -0.459 e. The Morgan fingerprint density at radius 2 is 2.22 bits per heavy atom. The van der Waals surface area contributed by atoms with Crippen LogP contribution in [0, 0.1) is 6.92 Å². The Bertz CT molecular complexity index is 638. The molecule has 1 atom stereocenters. The van der Waals surface area contributed by atoms with E-state index < -0.39 is 0 Å². The summed E-state index contributed by atoms with van der Waals surface area (Å²) in [5, 5.41) is 4.19. The van der Waals surface area contributed by atoms with Gasteiger partial charge in [-0.05, 0) is 19.1 Å². The molecule has 2 N–H and O–H groups in total. The molecule has 0 bridgehead atoms. The first kappa shape index (κ1) is 11.4. The second kappa shape index (κ2) is 4.55. The molecule has 0 radical (unpaired) electrons. The predicted molar refractivity (Wildman–Crippen MR) is 73.7 cm³/mol. The molecule has 92 valence electrons. The van der Waals surface area contributed by atoms with Gasteiger partial charge in [-0.3, -0.25) is 0 Å². The summed E-state index contributed by atoms with van der Waals surface area (Å²) in [5.41, 5.74) is 8.11. The van der Waals surface area contributed by atoms with Crippen LogP contribution in [-0.2, 0) is 6.42 Å². The Morgan fingerprint density at radius 1 is 1.39 bits per heavy atom. The van der Waals surface area contributed by atoms with Crippen LogP contribution in [0.4, 0.5) is 0 Å². The molecule has 0 saturated heterocycles. The van der Waals surface area contributed by atoms with Crippen molar-refractivity contribution in [3.8, 4) is 0 Å². The van der Waals surface area contributed by atoms with Crippen molar-refractivity contribution < 1.29 is 4.42 Å². The van der Waals surface area contributed by atoms with Crippen LogP contribution in [0.2, 0.25) is 0 Å². The van der Waals surface area contributed by atoms with Gasteiger partial charge in [0.1, 0.15) is 11.3 Å². The lowest BCUT2D eigenvalue weighted by atomic mass is 10.1. The molecule has 2 heterocycles. The molecular formula is C14H14N2OS. The van der Waals surface area contributed by atoms with Gasteiger partial charge in [-0.25, -0.2) is 4.98 Å². The fourth-order valence-corrected chi connectivity index (χ4v) is 2.80. The highest BCUT2D eigenvalue weighted by Gasteiger charge is 2.14. The highest BCUT2D eigenvalue weighted by Crippen LogP contribution is 2.25. The van der Waals surface area contributed by atoms with Crippen LogP contribution < -0.4 is 5.73 Å². The van der Waals surface area contributed by atoms with Crippen molar-refractivity contribution in [3.63, 3.8) is 0 Å². The second-order valence-corrected chi connectivity index (χ2v) is 5.32. The van der Waals surface area contributed by atoms with Gasteiger partial charge in [0, 0.05) is 22.9 Å².